The molecule has 7 nitrogen and oxygen atoms in total. The highest BCUT2D eigenvalue weighted by molar-refractivity contribution is 5.88. The summed E-state index contributed by atoms with van der Waals surface area (Å²) in [6.07, 6.45) is 1.59. The Morgan fingerprint density at radius 3 is 2.89 bits per heavy atom. The normalized spacial score (nSPS) is 10.4. The fraction of sp³-hybridized carbons (Fsp3) is 0.333. The summed E-state index contributed by atoms with van der Waals surface area (Å²) in [5.74, 6) is 0.187. The third kappa shape index (κ3) is 2.54. The van der Waals surface area contributed by atoms with Crippen LogP contribution in [0.15, 0.2) is 18.2 Å². The number of carboxylic acids is 1. The maximum absolute atomic E-state index is 11.0. The van der Waals surface area contributed by atoms with Crippen LogP contribution in [0, 0.1) is 0 Å². The molecule has 0 atom stereocenters. The molecule has 0 aliphatic heterocycles. The second-order valence-electron chi connectivity index (χ2n) is 3.95. The van der Waals surface area contributed by atoms with Crippen molar-refractivity contribution in [2.45, 2.75) is 19.8 Å². The Balaban J connectivity index is 2.55. The van der Waals surface area contributed by atoms with Gasteiger partial charge in [-0.25, -0.2) is 4.79 Å². The molecule has 1 aromatic carbocycles. The molecule has 100 valence electrons. The summed E-state index contributed by atoms with van der Waals surface area (Å²) in [5.41, 5.74) is 0.685. The Morgan fingerprint density at radius 1 is 1.47 bits per heavy atom. The van der Waals surface area contributed by atoms with Gasteiger partial charge in [-0.1, -0.05) is 6.92 Å². The maximum Gasteiger partial charge on any atom is 0.335 e. The zero-order valence-electron chi connectivity index (χ0n) is 10.7. The van der Waals surface area contributed by atoms with Gasteiger partial charge in [-0.2, -0.15) is 4.68 Å². The van der Waals surface area contributed by atoms with Crippen LogP contribution in [0.2, 0.25) is 0 Å². The monoisotopic (exact) mass is 262 g/mol. The number of ether oxygens (including phenoxy) is 1. The Labute approximate surface area is 109 Å². The smallest absolute Gasteiger partial charge is 0.335 e. The second kappa shape index (κ2) is 5.47. The molecule has 0 aliphatic carbocycles. The van der Waals surface area contributed by atoms with Crippen molar-refractivity contribution in [2.24, 2.45) is 0 Å². The van der Waals surface area contributed by atoms with Crippen molar-refractivity contribution < 1.29 is 14.6 Å². The minimum atomic E-state index is -1.01. The molecular formula is C12H14N4O3. The van der Waals surface area contributed by atoms with Crippen molar-refractivity contribution >= 4 is 5.97 Å². The van der Waals surface area contributed by atoms with Crippen LogP contribution in [0.1, 0.15) is 29.5 Å². The molecule has 0 radical (unpaired) electrons. The average Bonchev–Trinajstić information content (AvgIpc) is 2.86. The number of hydrogen-bond acceptors (Lipinski definition) is 5. The van der Waals surface area contributed by atoms with Gasteiger partial charge in [0.2, 0.25) is 0 Å². The molecule has 1 N–H and O–H groups in total. The number of benzene rings is 1. The molecule has 2 aromatic rings. The number of methoxy groups -OCH3 is 1. The predicted molar refractivity (Wildman–Crippen MR) is 66.7 cm³/mol. The molecule has 0 saturated carbocycles. The van der Waals surface area contributed by atoms with Gasteiger partial charge < -0.3 is 9.84 Å². The largest absolute Gasteiger partial charge is 0.494 e. The van der Waals surface area contributed by atoms with E-state index in [0.29, 0.717) is 23.7 Å². The van der Waals surface area contributed by atoms with Crippen LogP contribution in [-0.2, 0) is 6.42 Å². The predicted octanol–water partition coefficient (Wildman–Crippen LogP) is 1.32. The number of carboxylic acid groups (broad SMARTS) is 1. The molecule has 7 heteroatoms. The number of rotatable bonds is 5. The summed E-state index contributed by atoms with van der Waals surface area (Å²) < 4.78 is 6.74. The van der Waals surface area contributed by atoms with Crippen LogP contribution in [-0.4, -0.2) is 38.4 Å². The molecule has 0 saturated heterocycles. The van der Waals surface area contributed by atoms with E-state index in [1.165, 1.54) is 23.9 Å². The number of aromatic carboxylic acids is 1. The van der Waals surface area contributed by atoms with E-state index >= 15 is 0 Å². The summed E-state index contributed by atoms with van der Waals surface area (Å²) in [7, 11) is 1.52. The number of carbonyl (C=O) groups is 1. The van der Waals surface area contributed by atoms with Crippen LogP contribution in [0.5, 0.6) is 5.75 Å². The Hall–Kier alpha value is -2.44. The first-order valence-electron chi connectivity index (χ1n) is 5.86. The van der Waals surface area contributed by atoms with E-state index in [-0.39, 0.29) is 5.56 Å². The molecule has 0 unspecified atom stereocenters. The lowest BCUT2D eigenvalue weighted by atomic mass is 10.2. The van der Waals surface area contributed by atoms with Crippen LogP contribution < -0.4 is 4.74 Å². The molecule has 0 aliphatic rings. The molecule has 2 rings (SSSR count). The lowest BCUT2D eigenvalue weighted by Gasteiger charge is -2.10. The molecule has 19 heavy (non-hydrogen) atoms. The SMILES string of the molecule is CCCc1nnnn1-c1cc(C(=O)O)ccc1OC. The summed E-state index contributed by atoms with van der Waals surface area (Å²) in [5, 5.41) is 20.5. The zero-order chi connectivity index (χ0) is 13.8. The summed E-state index contributed by atoms with van der Waals surface area (Å²) in [4.78, 5) is 11.0. The molecule has 0 spiro atoms. The van der Waals surface area contributed by atoms with Gasteiger partial charge in [0.25, 0.3) is 0 Å². The summed E-state index contributed by atoms with van der Waals surface area (Å²) in [6.45, 7) is 2.02. The number of aryl methyl sites for hydroxylation is 1. The molecule has 1 heterocycles. The zero-order valence-corrected chi connectivity index (χ0v) is 10.7. The third-order valence-electron chi connectivity index (χ3n) is 2.66. The van der Waals surface area contributed by atoms with Gasteiger partial charge in [0.15, 0.2) is 5.82 Å². The minimum Gasteiger partial charge on any atom is -0.494 e. The van der Waals surface area contributed by atoms with Crippen molar-refractivity contribution in [3.05, 3.63) is 29.6 Å². The lowest BCUT2D eigenvalue weighted by Crippen LogP contribution is -2.07. The molecule has 0 amide bonds. The number of nitrogens with zero attached hydrogens (tertiary/aromatic N) is 4. The van der Waals surface area contributed by atoms with Crippen molar-refractivity contribution in [3.63, 3.8) is 0 Å². The van der Waals surface area contributed by atoms with Crippen molar-refractivity contribution in [3.8, 4) is 11.4 Å². The van der Waals surface area contributed by atoms with E-state index in [1.54, 1.807) is 6.07 Å². The topological polar surface area (TPSA) is 90.1 Å². The molecular weight excluding hydrogens is 248 g/mol. The highest BCUT2D eigenvalue weighted by atomic mass is 16.5. The van der Waals surface area contributed by atoms with Crippen molar-refractivity contribution in [2.75, 3.05) is 7.11 Å². The Kier molecular flexibility index (Phi) is 3.74. The average molecular weight is 262 g/mol. The second-order valence-corrected chi connectivity index (χ2v) is 3.95. The Bertz CT molecular complexity index is 594. The highest BCUT2D eigenvalue weighted by Crippen LogP contribution is 2.24. The first kappa shape index (κ1) is 13.0. The fourth-order valence-electron chi connectivity index (χ4n) is 1.76. The van der Waals surface area contributed by atoms with E-state index < -0.39 is 5.97 Å². The number of hydrogen-bond donors (Lipinski definition) is 1. The molecule has 0 bridgehead atoms. The number of aromatic nitrogens is 4. The number of tetrazole rings is 1. The quantitative estimate of drug-likeness (QED) is 0.874. The van der Waals surface area contributed by atoms with Crippen LogP contribution in [0.3, 0.4) is 0 Å². The first-order valence-corrected chi connectivity index (χ1v) is 5.86. The van der Waals surface area contributed by atoms with E-state index in [4.69, 9.17) is 9.84 Å². The highest BCUT2D eigenvalue weighted by Gasteiger charge is 2.15. The van der Waals surface area contributed by atoms with Gasteiger partial charge in [0.05, 0.1) is 12.7 Å². The van der Waals surface area contributed by atoms with Gasteiger partial charge in [0.1, 0.15) is 11.4 Å². The standard InChI is InChI=1S/C12H14N4O3/c1-3-4-11-13-14-15-16(11)9-7-8(12(17)18)5-6-10(9)19-2/h5-7H,3-4H2,1-2H3,(H,17,18). The van der Waals surface area contributed by atoms with Gasteiger partial charge in [0, 0.05) is 6.42 Å². The van der Waals surface area contributed by atoms with E-state index in [2.05, 4.69) is 15.5 Å². The minimum absolute atomic E-state index is 0.161. The fourth-order valence-corrected chi connectivity index (χ4v) is 1.76. The third-order valence-corrected chi connectivity index (χ3v) is 2.66. The Morgan fingerprint density at radius 2 is 2.26 bits per heavy atom. The summed E-state index contributed by atoms with van der Waals surface area (Å²) in [6, 6.07) is 4.57. The molecule has 0 fully saturated rings. The summed E-state index contributed by atoms with van der Waals surface area (Å²) >= 11 is 0. The van der Waals surface area contributed by atoms with Gasteiger partial charge >= 0.3 is 5.97 Å². The van der Waals surface area contributed by atoms with Gasteiger partial charge in [-0.3, -0.25) is 0 Å². The van der Waals surface area contributed by atoms with E-state index in [1.807, 2.05) is 6.92 Å². The maximum atomic E-state index is 11.0. The van der Waals surface area contributed by atoms with E-state index in [9.17, 15) is 4.79 Å². The van der Waals surface area contributed by atoms with Crippen molar-refractivity contribution in [1.82, 2.24) is 20.2 Å². The van der Waals surface area contributed by atoms with Crippen LogP contribution in [0.25, 0.3) is 5.69 Å². The van der Waals surface area contributed by atoms with Gasteiger partial charge in [-0.05, 0) is 35.0 Å². The lowest BCUT2D eigenvalue weighted by molar-refractivity contribution is 0.0697. The van der Waals surface area contributed by atoms with Crippen LogP contribution >= 0.6 is 0 Å². The van der Waals surface area contributed by atoms with Crippen molar-refractivity contribution in [1.29, 1.82) is 0 Å². The van der Waals surface area contributed by atoms with Gasteiger partial charge in [-0.15, -0.1) is 5.10 Å². The van der Waals surface area contributed by atoms with E-state index in [0.717, 1.165) is 6.42 Å². The van der Waals surface area contributed by atoms with Crippen LogP contribution in [0.4, 0.5) is 0 Å². The molecule has 1 aromatic heterocycles. The first-order chi connectivity index (χ1) is 9.17.